The fraction of sp³-hybridized carbons (Fsp3) is 0.455. The second-order valence-corrected chi connectivity index (χ2v) is 8.29. The Hall–Kier alpha value is 0.960. The summed E-state index contributed by atoms with van der Waals surface area (Å²) in [5.74, 6) is 0. The van der Waals surface area contributed by atoms with Crippen molar-refractivity contribution in [2.45, 2.75) is 42.3 Å². The first-order valence-corrected chi connectivity index (χ1v) is 8.65. The van der Waals surface area contributed by atoms with E-state index < -0.39 is 41.8 Å². The van der Waals surface area contributed by atoms with E-state index in [1.54, 1.807) is 0 Å². The van der Waals surface area contributed by atoms with Gasteiger partial charge in [0.2, 0.25) is 0 Å². The van der Waals surface area contributed by atoms with E-state index in [-0.39, 0.29) is 64.7 Å². The van der Waals surface area contributed by atoms with E-state index in [2.05, 4.69) is 0 Å². The molecule has 0 radical (unpaired) electrons. The summed E-state index contributed by atoms with van der Waals surface area (Å²) in [6.07, 6.45) is -0.771. The van der Waals surface area contributed by atoms with Gasteiger partial charge in [0.1, 0.15) is 20.2 Å². The van der Waals surface area contributed by atoms with Crippen molar-refractivity contribution in [3.05, 3.63) is 23.8 Å². The zero-order valence-corrected chi connectivity index (χ0v) is 19.1. The van der Waals surface area contributed by atoms with E-state index in [0.717, 1.165) is 12.1 Å². The number of nitrogens with zero attached hydrogens (tertiary/aromatic N) is 1. The molecule has 0 amide bonds. The summed E-state index contributed by atoms with van der Waals surface area (Å²) in [5, 5.41) is 1.46. The van der Waals surface area contributed by atoms with Crippen LogP contribution in [0.3, 0.4) is 0 Å². The minimum Gasteiger partial charge on any atom is -0.744 e. The summed E-state index contributed by atoms with van der Waals surface area (Å²) >= 11 is 0. The smallest absolute Gasteiger partial charge is 0.744 e. The first kappa shape index (κ1) is 24.0. The van der Waals surface area contributed by atoms with Gasteiger partial charge in [0.25, 0.3) is 0 Å². The average molecular weight is 381 g/mol. The van der Waals surface area contributed by atoms with Crippen LogP contribution < -0.4 is 59.1 Å². The Balaban J connectivity index is 0.00000242. The summed E-state index contributed by atoms with van der Waals surface area (Å²) < 4.78 is 66.7. The quantitative estimate of drug-likeness (QED) is 0.288. The standard InChI is InChI=1S/C11H15NO7S2.2Na/c1-11(2,3)12-10(19-12)8-5-4-7(20(13,14)15)6-9(8)21(16,17)18;;/h4-6,10H,1-3H3,(H,13,14,15)(H,16,17,18);;/q;2*+1/p-2. The maximum Gasteiger partial charge on any atom is 1.00 e. The molecule has 1 saturated heterocycles. The van der Waals surface area contributed by atoms with Crippen molar-refractivity contribution in [1.82, 2.24) is 5.06 Å². The van der Waals surface area contributed by atoms with Gasteiger partial charge in [-0.2, -0.15) is 0 Å². The first-order valence-electron chi connectivity index (χ1n) is 5.84. The fourth-order valence-electron chi connectivity index (χ4n) is 1.86. The van der Waals surface area contributed by atoms with Crippen LogP contribution in [0.15, 0.2) is 28.0 Å². The van der Waals surface area contributed by atoms with Gasteiger partial charge >= 0.3 is 59.1 Å². The summed E-state index contributed by atoms with van der Waals surface area (Å²) in [6, 6.07) is 2.63. The zero-order chi connectivity index (χ0) is 16.2. The number of rotatable bonds is 3. The predicted octanol–water partition coefficient (Wildman–Crippen LogP) is -5.45. The van der Waals surface area contributed by atoms with Crippen molar-refractivity contribution < 1.29 is 89.9 Å². The summed E-state index contributed by atoms with van der Waals surface area (Å²) in [6.45, 7) is 5.44. The first-order chi connectivity index (χ1) is 9.32. The molecule has 1 aromatic carbocycles. The van der Waals surface area contributed by atoms with Crippen molar-refractivity contribution >= 4 is 20.2 Å². The van der Waals surface area contributed by atoms with E-state index >= 15 is 0 Å². The van der Waals surface area contributed by atoms with E-state index in [1.807, 2.05) is 20.8 Å². The molecule has 118 valence electrons. The van der Waals surface area contributed by atoms with Crippen LogP contribution in [0.4, 0.5) is 0 Å². The third-order valence-electron chi connectivity index (χ3n) is 2.85. The van der Waals surface area contributed by atoms with Gasteiger partial charge in [0, 0.05) is 11.1 Å². The van der Waals surface area contributed by atoms with E-state index in [0.29, 0.717) is 6.07 Å². The van der Waals surface area contributed by atoms with Gasteiger partial charge in [0.15, 0.2) is 6.23 Å². The molecule has 0 saturated carbocycles. The second kappa shape index (κ2) is 7.68. The Morgan fingerprint density at radius 3 is 1.91 bits per heavy atom. The summed E-state index contributed by atoms with van der Waals surface area (Å²) in [7, 11) is -9.81. The van der Waals surface area contributed by atoms with Crippen LogP contribution in [0.2, 0.25) is 0 Å². The molecule has 2 rings (SSSR count). The van der Waals surface area contributed by atoms with Crippen LogP contribution >= 0.6 is 0 Å². The van der Waals surface area contributed by atoms with Gasteiger partial charge in [-0.15, -0.1) is 5.06 Å². The topological polar surface area (TPSA) is 130 Å². The Kier molecular flexibility index (Phi) is 8.00. The third kappa shape index (κ3) is 5.73. The van der Waals surface area contributed by atoms with Crippen molar-refractivity contribution in [3.63, 3.8) is 0 Å². The minimum absolute atomic E-state index is 0. The Labute approximate surface area is 179 Å². The molecule has 2 atom stereocenters. The van der Waals surface area contributed by atoms with Crippen LogP contribution in [-0.4, -0.2) is 36.5 Å². The molecule has 1 aromatic rings. The SMILES string of the molecule is CC(C)(C)N1OC1c1ccc(S(=O)(=O)[O-])cc1S(=O)(=O)[O-].[Na+].[Na+]. The third-order valence-corrected chi connectivity index (χ3v) is 4.57. The molecule has 0 spiro atoms. The van der Waals surface area contributed by atoms with Crippen LogP contribution in [0, 0.1) is 0 Å². The van der Waals surface area contributed by atoms with Crippen LogP contribution in [0.1, 0.15) is 32.6 Å². The molecule has 8 nitrogen and oxygen atoms in total. The van der Waals surface area contributed by atoms with Gasteiger partial charge in [-0.3, -0.25) is 4.84 Å². The number of hydrogen-bond donors (Lipinski definition) is 0. The predicted molar refractivity (Wildman–Crippen MR) is 67.8 cm³/mol. The van der Waals surface area contributed by atoms with E-state index in [1.165, 1.54) is 5.06 Å². The van der Waals surface area contributed by atoms with Crippen molar-refractivity contribution in [3.8, 4) is 0 Å². The monoisotopic (exact) mass is 381 g/mol. The normalized spacial score (nSPS) is 21.1. The molecule has 0 aliphatic carbocycles. The van der Waals surface area contributed by atoms with Gasteiger partial charge in [-0.1, -0.05) is 6.07 Å². The Bertz CT molecular complexity index is 787. The van der Waals surface area contributed by atoms with E-state index in [4.69, 9.17) is 4.84 Å². The number of benzene rings is 1. The number of hydrogen-bond acceptors (Lipinski definition) is 8. The molecule has 0 aromatic heterocycles. The summed E-state index contributed by atoms with van der Waals surface area (Å²) in [4.78, 5) is 3.69. The fourth-order valence-corrected chi connectivity index (χ4v) is 3.16. The van der Waals surface area contributed by atoms with Crippen LogP contribution in [-0.2, 0) is 25.1 Å². The van der Waals surface area contributed by atoms with E-state index in [9.17, 15) is 25.9 Å². The maximum atomic E-state index is 11.3. The molecule has 1 aliphatic heterocycles. The van der Waals surface area contributed by atoms with Crippen molar-refractivity contribution in [2.75, 3.05) is 0 Å². The molecule has 0 N–H and O–H groups in total. The molecular weight excluding hydrogens is 368 g/mol. The van der Waals surface area contributed by atoms with Crippen LogP contribution in [0.5, 0.6) is 0 Å². The van der Waals surface area contributed by atoms with Crippen molar-refractivity contribution in [2.24, 2.45) is 0 Å². The Morgan fingerprint density at radius 1 is 1.04 bits per heavy atom. The van der Waals surface area contributed by atoms with Gasteiger partial charge < -0.3 is 9.11 Å². The zero-order valence-electron chi connectivity index (χ0n) is 13.4. The molecule has 1 heterocycles. The molecule has 12 heteroatoms. The summed E-state index contributed by atoms with van der Waals surface area (Å²) in [5.41, 5.74) is -0.426. The van der Waals surface area contributed by atoms with Gasteiger partial charge in [0.05, 0.1) is 9.79 Å². The largest absolute Gasteiger partial charge is 1.00 e. The van der Waals surface area contributed by atoms with Crippen molar-refractivity contribution in [1.29, 1.82) is 0 Å². The maximum absolute atomic E-state index is 11.3. The molecule has 23 heavy (non-hydrogen) atoms. The average Bonchev–Trinajstić information content (AvgIpc) is 3.04. The minimum atomic E-state index is -4.95. The molecular formula is C11H13NNa2O7S2. The van der Waals surface area contributed by atoms with Gasteiger partial charge in [-0.25, -0.2) is 16.8 Å². The molecule has 0 bridgehead atoms. The Morgan fingerprint density at radius 2 is 1.57 bits per heavy atom. The second-order valence-electron chi connectivity index (χ2n) is 5.56. The van der Waals surface area contributed by atoms with Gasteiger partial charge in [-0.05, 0) is 32.9 Å². The molecule has 1 fully saturated rings. The molecule has 1 aliphatic rings. The van der Waals surface area contributed by atoms with Crippen LogP contribution in [0.25, 0.3) is 0 Å². The molecule has 2 unspecified atom stereocenters. The number of hydroxylamine groups is 2.